The van der Waals surface area contributed by atoms with Crippen LogP contribution in [-0.2, 0) is 17.9 Å². The molecule has 1 heterocycles. The number of nitrogen functional groups attached to an aromatic ring is 1. The first-order valence-corrected chi connectivity index (χ1v) is 11.3. The number of hydrogen-bond donors (Lipinski definition) is 2. The predicted octanol–water partition coefficient (Wildman–Crippen LogP) is 3.32. The fourth-order valence-corrected chi connectivity index (χ4v) is 3.84. The Labute approximate surface area is 211 Å². The monoisotopic (exact) mass is 497 g/mol. The van der Waals surface area contributed by atoms with Crippen LogP contribution in [0, 0.1) is 10.1 Å². The summed E-state index contributed by atoms with van der Waals surface area (Å²) in [5.41, 5.74) is 6.12. The molecule has 37 heavy (non-hydrogen) atoms. The van der Waals surface area contributed by atoms with Crippen molar-refractivity contribution in [3.05, 3.63) is 139 Å². The van der Waals surface area contributed by atoms with E-state index in [-0.39, 0.29) is 35.8 Å². The second-order valence-electron chi connectivity index (χ2n) is 8.12. The van der Waals surface area contributed by atoms with Crippen LogP contribution >= 0.6 is 0 Å². The number of aromatic nitrogens is 2. The highest BCUT2D eigenvalue weighted by molar-refractivity contribution is 6.05. The second-order valence-corrected chi connectivity index (χ2v) is 8.12. The zero-order valence-corrected chi connectivity index (χ0v) is 19.6. The number of hydrogen-bond acceptors (Lipinski definition) is 6. The van der Waals surface area contributed by atoms with Gasteiger partial charge in [0.05, 0.1) is 23.6 Å². The van der Waals surface area contributed by atoms with Crippen molar-refractivity contribution in [3.63, 3.8) is 0 Å². The molecule has 0 saturated heterocycles. The normalized spacial score (nSPS) is 10.9. The first kappa shape index (κ1) is 24.9. The number of rotatable bonds is 8. The lowest BCUT2D eigenvalue weighted by Crippen LogP contribution is -2.40. The van der Waals surface area contributed by atoms with Gasteiger partial charge in [-0.2, -0.15) is 0 Å². The van der Waals surface area contributed by atoms with Gasteiger partial charge in [0, 0.05) is 12.1 Å². The van der Waals surface area contributed by atoms with Gasteiger partial charge in [0.2, 0.25) is 0 Å². The summed E-state index contributed by atoms with van der Waals surface area (Å²) in [5.74, 6) is -0.829. The van der Waals surface area contributed by atoms with Gasteiger partial charge in [0.25, 0.3) is 17.2 Å². The summed E-state index contributed by atoms with van der Waals surface area (Å²) in [6, 6.07) is 23.9. The van der Waals surface area contributed by atoms with Crippen LogP contribution in [0.15, 0.2) is 101 Å². The topological polar surface area (TPSA) is 144 Å². The van der Waals surface area contributed by atoms with Gasteiger partial charge in [-0.15, -0.1) is 0 Å². The highest BCUT2D eigenvalue weighted by Crippen LogP contribution is 2.23. The van der Waals surface area contributed by atoms with Crippen LogP contribution in [0.3, 0.4) is 0 Å². The molecule has 0 saturated carbocycles. The van der Waals surface area contributed by atoms with Crippen molar-refractivity contribution in [3.8, 4) is 0 Å². The number of carbonyl (C=O) groups is 1. The standard InChI is InChI=1S/C27H23N5O5/c28-25-24(26(34)29-27(35)31(25)18-20-11-5-2-6-12-20)30(17-19-9-3-1-4-10-19)23(33)16-15-21-13-7-8-14-22(21)32(36)37/h1-16H,17-18,28H2,(H,29,34,35)/b16-15+. The number of nitrogens with one attached hydrogen (secondary N) is 1. The van der Waals surface area contributed by atoms with Gasteiger partial charge < -0.3 is 5.73 Å². The third-order valence-electron chi connectivity index (χ3n) is 5.66. The van der Waals surface area contributed by atoms with Crippen molar-refractivity contribution in [1.82, 2.24) is 9.55 Å². The SMILES string of the molecule is Nc1c(N(Cc2ccccc2)C(=O)/C=C/c2ccccc2[N+](=O)[O-])c(=O)[nH]c(=O)n1Cc1ccccc1. The van der Waals surface area contributed by atoms with Crippen molar-refractivity contribution in [2.45, 2.75) is 13.1 Å². The predicted molar refractivity (Wildman–Crippen MR) is 141 cm³/mol. The maximum atomic E-state index is 13.4. The molecule has 0 radical (unpaired) electrons. The van der Waals surface area contributed by atoms with E-state index < -0.39 is 22.1 Å². The number of carbonyl (C=O) groups excluding carboxylic acids is 1. The van der Waals surface area contributed by atoms with E-state index in [4.69, 9.17) is 5.73 Å². The van der Waals surface area contributed by atoms with Crippen LogP contribution < -0.4 is 21.9 Å². The van der Waals surface area contributed by atoms with E-state index in [1.54, 1.807) is 42.5 Å². The number of nitrogens with zero attached hydrogens (tertiary/aromatic N) is 3. The summed E-state index contributed by atoms with van der Waals surface area (Å²) in [6.07, 6.45) is 2.44. The van der Waals surface area contributed by atoms with Gasteiger partial charge >= 0.3 is 5.69 Å². The van der Waals surface area contributed by atoms with Crippen molar-refractivity contribution < 1.29 is 9.72 Å². The smallest absolute Gasteiger partial charge is 0.330 e. The van der Waals surface area contributed by atoms with E-state index in [0.29, 0.717) is 5.56 Å². The van der Waals surface area contributed by atoms with Crippen molar-refractivity contribution in [2.75, 3.05) is 10.6 Å². The van der Waals surface area contributed by atoms with E-state index in [2.05, 4.69) is 4.98 Å². The Hall–Kier alpha value is -5.25. The van der Waals surface area contributed by atoms with Crippen molar-refractivity contribution in [1.29, 1.82) is 0 Å². The summed E-state index contributed by atoms with van der Waals surface area (Å²) in [4.78, 5) is 53.2. The van der Waals surface area contributed by atoms with Crippen LogP contribution in [0.1, 0.15) is 16.7 Å². The molecule has 0 aliphatic rings. The Kier molecular flexibility index (Phi) is 7.39. The second kappa shape index (κ2) is 11.0. The summed E-state index contributed by atoms with van der Waals surface area (Å²) < 4.78 is 1.18. The summed E-state index contributed by atoms with van der Waals surface area (Å²) in [6.45, 7) is 0.0480. The van der Waals surface area contributed by atoms with E-state index >= 15 is 0 Å². The van der Waals surface area contributed by atoms with Crippen LogP contribution in [-0.4, -0.2) is 20.4 Å². The molecule has 0 spiro atoms. The molecule has 1 amide bonds. The molecule has 0 unspecified atom stereocenters. The zero-order chi connectivity index (χ0) is 26.4. The van der Waals surface area contributed by atoms with Crippen molar-refractivity contribution >= 4 is 29.2 Å². The summed E-state index contributed by atoms with van der Waals surface area (Å²) in [7, 11) is 0. The zero-order valence-electron chi connectivity index (χ0n) is 19.6. The van der Waals surface area contributed by atoms with Gasteiger partial charge in [-0.05, 0) is 23.3 Å². The lowest BCUT2D eigenvalue weighted by atomic mass is 10.1. The van der Waals surface area contributed by atoms with Gasteiger partial charge in [0.1, 0.15) is 5.82 Å². The van der Waals surface area contributed by atoms with Gasteiger partial charge in [-0.3, -0.25) is 34.2 Å². The summed E-state index contributed by atoms with van der Waals surface area (Å²) in [5, 5.41) is 11.4. The first-order chi connectivity index (χ1) is 17.8. The Morgan fingerprint density at radius 1 is 0.946 bits per heavy atom. The number of nitrogens with two attached hydrogens (primary N) is 1. The molecule has 0 bridgehead atoms. The Morgan fingerprint density at radius 3 is 2.19 bits per heavy atom. The highest BCUT2D eigenvalue weighted by atomic mass is 16.6. The number of benzene rings is 3. The van der Waals surface area contributed by atoms with Crippen LogP contribution in [0.2, 0.25) is 0 Å². The Balaban J connectivity index is 1.79. The number of nitro groups is 1. The fourth-order valence-electron chi connectivity index (χ4n) is 3.84. The molecule has 186 valence electrons. The number of para-hydroxylation sites is 1. The minimum Gasteiger partial charge on any atom is -0.383 e. The average Bonchev–Trinajstić information content (AvgIpc) is 2.90. The third kappa shape index (κ3) is 5.70. The molecule has 10 nitrogen and oxygen atoms in total. The minimum atomic E-state index is -0.824. The molecular formula is C27H23N5O5. The lowest BCUT2D eigenvalue weighted by Gasteiger charge is -2.23. The van der Waals surface area contributed by atoms with E-state index in [1.165, 1.54) is 28.8 Å². The van der Waals surface area contributed by atoms with Crippen LogP contribution in [0.4, 0.5) is 17.2 Å². The fraction of sp³-hybridized carbons (Fsp3) is 0.0741. The molecule has 0 atom stereocenters. The number of H-pyrrole nitrogens is 1. The molecule has 3 aromatic carbocycles. The van der Waals surface area contributed by atoms with Crippen LogP contribution in [0.5, 0.6) is 0 Å². The molecule has 0 aliphatic carbocycles. The molecule has 10 heteroatoms. The molecule has 4 aromatic rings. The molecular weight excluding hydrogens is 474 g/mol. The van der Waals surface area contributed by atoms with Crippen LogP contribution in [0.25, 0.3) is 6.08 Å². The van der Waals surface area contributed by atoms with Gasteiger partial charge in [0.15, 0.2) is 5.69 Å². The number of amides is 1. The van der Waals surface area contributed by atoms with E-state index in [1.807, 2.05) is 24.3 Å². The van der Waals surface area contributed by atoms with E-state index in [0.717, 1.165) is 16.5 Å². The quantitative estimate of drug-likeness (QED) is 0.217. The third-order valence-corrected chi connectivity index (χ3v) is 5.66. The Morgan fingerprint density at radius 2 is 1.54 bits per heavy atom. The number of aromatic amines is 1. The van der Waals surface area contributed by atoms with E-state index in [9.17, 15) is 24.5 Å². The maximum Gasteiger partial charge on any atom is 0.330 e. The average molecular weight is 498 g/mol. The maximum absolute atomic E-state index is 13.4. The molecule has 3 N–H and O–H groups in total. The molecule has 0 aliphatic heterocycles. The number of anilines is 2. The molecule has 0 fully saturated rings. The largest absolute Gasteiger partial charge is 0.383 e. The van der Waals surface area contributed by atoms with Gasteiger partial charge in [-0.25, -0.2) is 4.79 Å². The van der Waals surface area contributed by atoms with Crippen molar-refractivity contribution in [2.24, 2.45) is 0 Å². The Bertz CT molecular complexity index is 1580. The summed E-state index contributed by atoms with van der Waals surface area (Å²) >= 11 is 0. The molecule has 4 rings (SSSR count). The number of nitro benzene ring substituents is 1. The van der Waals surface area contributed by atoms with Gasteiger partial charge in [-0.1, -0.05) is 72.8 Å². The highest BCUT2D eigenvalue weighted by Gasteiger charge is 2.24. The lowest BCUT2D eigenvalue weighted by molar-refractivity contribution is -0.385. The minimum absolute atomic E-state index is 0.0300. The molecule has 1 aromatic heterocycles. The first-order valence-electron chi connectivity index (χ1n) is 11.3.